The number of hydrogen-bond donors (Lipinski definition) is 2. The van der Waals surface area contributed by atoms with E-state index in [2.05, 4.69) is 10.1 Å². The molecule has 0 saturated carbocycles. The molecule has 92 valence electrons. The Bertz CT molecular complexity index is 448. The van der Waals surface area contributed by atoms with Gasteiger partial charge in [0.05, 0.1) is 12.7 Å². The van der Waals surface area contributed by atoms with Crippen LogP contribution in [0.4, 0.5) is 10.1 Å². The molecule has 5 nitrogen and oxygen atoms in total. The van der Waals surface area contributed by atoms with E-state index in [0.717, 1.165) is 12.1 Å². The number of nitrogen functional groups attached to an aromatic ring is 1. The SMILES string of the molecule is COC(=O)[C@H](C)NC(=O)c1ccc(F)cc1N. The molecule has 1 amide bonds. The summed E-state index contributed by atoms with van der Waals surface area (Å²) in [6, 6.07) is 2.62. The molecule has 1 aromatic carbocycles. The van der Waals surface area contributed by atoms with Gasteiger partial charge in [0, 0.05) is 5.69 Å². The molecule has 0 radical (unpaired) electrons. The monoisotopic (exact) mass is 240 g/mol. The van der Waals surface area contributed by atoms with Crippen molar-refractivity contribution in [3.8, 4) is 0 Å². The van der Waals surface area contributed by atoms with E-state index in [-0.39, 0.29) is 11.3 Å². The predicted octanol–water partition coefficient (Wildman–Crippen LogP) is 0.699. The Labute approximate surface area is 97.7 Å². The fraction of sp³-hybridized carbons (Fsp3) is 0.273. The van der Waals surface area contributed by atoms with Gasteiger partial charge in [0.15, 0.2) is 0 Å². The molecule has 0 aliphatic carbocycles. The summed E-state index contributed by atoms with van der Waals surface area (Å²) in [6.07, 6.45) is 0. The molecule has 1 atom stereocenters. The van der Waals surface area contributed by atoms with Crippen LogP contribution in [0.3, 0.4) is 0 Å². The molecule has 0 heterocycles. The molecule has 0 bridgehead atoms. The Morgan fingerprint density at radius 2 is 2.12 bits per heavy atom. The zero-order valence-electron chi connectivity index (χ0n) is 9.49. The quantitative estimate of drug-likeness (QED) is 0.602. The van der Waals surface area contributed by atoms with Crippen LogP contribution in [-0.2, 0) is 9.53 Å². The van der Waals surface area contributed by atoms with E-state index in [4.69, 9.17) is 5.73 Å². The Balaban J connectivity index is 2.80. The van der Waals surface area contributed by atoms with Crippen molar-refractivity contribution < 1.29 is 18.7 Å². The van der Waals surface area contributed by atoms with E-state index < -0.39 is 23.7 Å². The number of amides is 1. The predicted molar refractivity (Wildman–Crippen MR) is 59.8 cm³/mol. The lowest BCUT2D eigenvalue weighted by Crippen LogP contribution is -2.39. The van der Waals surface area contributed by atoms with Gasteiger partial charge in [0.2, 0.25) is 0 Å². The fourth-order valence-corrected chi connectivity index (χ4v) is 1.25. The Hall–Kier alpha value is -2.11. The molecule has 0 spiro atoms. The number of rotatable bonds is 3. The van der Waals surface area contributed by atoms with Crippen LogP contribution in [-0.4, -0.2) is 25.0 Å². The highest BCUT2D eigenvalue weighted by Crippen LogP contribution is 2.13. The van der Waals surface area contributed by atoms with Crippen LogP contribution in [0.5, 0.6) is 0 Å². The number of ether oxygens (including phenoxy) is 1. The van der Waals surface area contributed by atoms with Gasteiger partial charge in [-0.05, 0) is 25.1 Å². The minimum atomic E-state index is -0.794. The first-order chi connectivity index (χ1) is 7.95. The largest absolute Gasteiger partial charge is 0.467 e. The van der Waals surface area contributed by atoms with Crippen molar-refractivity contribution in [1.29, 1.82) is 0 Å². The summed E-state index contributed by atoms with van der Waals surface area (Å²) in [5.41, 5.74) is 5.62. The lowest BCUT2D eigenvalue weighted by Gasteiger charge is -2.12. The second kappa shape index (κ2) is 5.29. The zero-order valence-corrected chi connectivity index (χ0v) is 9.49. The minimum Gasteiger partial charge on any atom is -0.467 e. The molecule has 3 N–H and O–H groups in total. The summed E-state index contributed by atoms with van der Waals surface area (Å²) in [5, 5.41) is 2.39. The van der Waals surface area contributed by atoms with Gasteiger partial charge in [0.1, 0.15) is 11.9 Å². The second-order valence-electron chi connectivity index (χ2n) is 3.45. The third-order valence-electron chi connectivity index (χ3n) is 2.16. The summed E-state index contributed by atoms with van der Waals surface area (Å²) >= 11 is 0. The highest BCUT2D eigenvalue weighted by atomic mass is 19.1. The summed E-state index contributed by atoms with van der Waals surface area (Å²) in [5.74, 6) is -1.65. The summed E-state index contributed by atoms with van der Waals surface area (Å²) in [4.78, 5) is 22.8. The van der Waals surface area contributed by atoms with Gasteiger partial charge >= 0.3 is 5.97 Å². The summed E-state index contributed by atoms with van der Waals surface area (Å²) < 4.78 is 17.2. The van der Waals surface area contributed by atoms with Crippen LogP contribution in [0, 0.1) is 5.82 Å². The number of nitrogens with one attached hydrogen (secondary N) is 1. The maximum atomic E-state index is 12.8. The first kappa shape index (κ1) is 13.0. The van der Waals surface area contributed by atoms with Gasteiger partial charge in [-0.1, -0.05) is 0 Å². The molecule has 0 aliphatic heterocycles. The molecular weight excluding hydrogens is 227 g/mol. The van der Waals surface area contributed by atoms with Crippen molar-refractivity contribution in [2.45, 2.75) is 13.0 Å². The molecule has 0 unspecified atom stereocenters. The summed E-state index contributed by atoms with van der Waals surface area (Å²) in [7, 11) is 1.22. The van der Waals surface area contributed by atoms with Crippen LogP contribution < -0.4 is 11.1 Å². The molecular formula is C11H13FN2O3. The van der Waals surface area contributed by atoms with Gasteiger partial charge in [-0.2, -0.15) is 0 Å². The van der Waals surface area contributed by atoms with Crippen molar-refractivity contribution in [1.82, 2.24) is 5.32 Å². The highest BCUT2D eigenvalue weighted by molar-refractivity contribution is 6.00. The number of esters is 1. The zero-order chi connectivity index (χ0) is 13.0. The van der Waals surface area contributed by atoms with Crippen molar-refractivity contribution in [2.75, 3.05) is 12.8 Å². The number of benzene rings is 1. The standard InChI is InChI=1S/C11H13FN2O3/c1-6(11(16)17-2)14-10(15)8-4-3-7(12)5-9(8)13/h3-6H,13H2,1-2H3,(H,14,15)/t6-/m0/s1. The molecule has 17 heavy (non-hydrogen) atoms. The maximum Gasteiger partial charge on any atom is 0.328 e. The molecule has 0 saturated heterocycles. The number of halogens is 1. The van der Waals surface area contributed by atoms with Crippen molar-refractivity contribution >= 4 is 17.6 Å². The first-order valence-corrected chi connectivity index (χ1v) is 4.89. The second-order valence-corrected chi connectivity index (χ2v) is 3.45. The lowest BCUT2D eigenvalue weighted by molar-refractivity contribution is -0.142. The van der Waals surface area contributed by atoms with E-state index in [1.54, 1.807) is 0 Å². The number of carbonyl (C=O) groups is 2. The molecule has 0 fully saturated rings. The van der Waals surface area contributed by atoms with E-state index in [1.165, 1.54) is 20.1 Å². The lowest BCUT2D eigenvalue weighted by atomic mass is 10.1. The normalized spacial score (nSPS) is 11.7. The van der Waals surface area contributed by atoms with Crippen molar-refractivity contribution in [2.24, 2.45) is 0 Å². The van der Waals surface area contributed by atoms with Gasteiger partial charge < -0.3 is 15.8 Å². The van der Waals surface area contributed by atoms with Crippen LogP contribution >= 0.6 is 0 Å². The van der Waals surface area contributed by atoms with Crippen LogP contribution in [0.2, 0.25) is 0 Å². The van der Waals surface area contributed by atoms with E-state index in [0.29, 0.717) is 0 Å². The number of hydrogen-bond acceptors (Lipinski definition) is 4. The number of methoxy groups -OCH3 is 1. The van der Waals surface area contributed by atoms with Crippen molar-refractivity contribution in [3.63, 3.8) is 0 Å². The fourth-order valence-electron chi connectivity index (χ4n) is 1.25. The third kappa shape index (κ3) is 3.17. The topological polar surface area (TPSA) is 81.4 Å². The van der Waals surface area contributed by atoms with Crippen LogP contribution in [0.1, 0.15) is 17.3 Å². The van der Waals surface area contributed by atoms with Crippen LogP contribution in [0.25, 0.3) is 0 Å². The van der Waals surface area contributed by atoms with Crippen LogP contribution in [0.15, 0.2) is 18.2 Å². The molecule has 6 heteroatoms. The van der Waals surface area contributed by atoms with Gasteiger partial charge in [0.25, 0.3) is 5.91 Å². The molecule has 1 aromatic rings. The average molecular weight is 240 g/mol. The first-order valence-electron chi connectivity index (χ1n) is 4.89. The van der Waals surface area contributed by atoms with Crippen molar-refractivity contribution in [3.05, 3.63) is 29.6 Å². The molecule has 1 rings (SSSR count). The van der Waals surface area contributed by atoms with Gasteiger partial charge in [-0.25, -0.2) is 9.18 Å². The number of anilines is 1. The van der Waals surface area contributed by atoms with Gasteiger partial charge in [-0.3, -0.25) is 4.79 Å². The Kier molecular flexibility index (Phi) is 4.03. The van der Waals surface area contributed by atoms with Gasteiger partial charge in [-0.15, -0.1) is 0 Å². The highest BCUT2D eigenvalue weighted by Gasteiger charge is 2.18. The minimum absolute atomic E-state index is 0.0135. The Morgan fingerprint density at radius 1 is 1.47 bits per heavy atom. The molecule has 0 aliphatic rings. The summed E-state index contributed by atoms with van der Waals surface area (Å²) in [6.45, 7) is 1.48. The third-order valence-corrected chi connectivity index (χ3v) is 2.16. The van der Waals surface area contributed by atoms with E-state index >= 15 is 0 Å². The van der Waals surface area contributed by atoms with E-state index in [9.17, 15) is 14.0 Å². The number of carbonyl (C=O) groups excluding carboxylic acids is 2. The number of nitrogens with two attached hydrogens (primary N) is 1. The smallest absolute Gasteiger partial charge is 0.328 e. The Morgan fingerprint density at radius 3 is 2.65 bits per heavy atom. The van der Waals surface area contributed by atoms with E-state index in [1.807, 2.05) is 0 Å². The molecule has 0 aromatic heterocycles. The average Bonchev–Trinajstić information content (AvgIpc) is 2.27. The maximum absolute atomic E-state index is 12.8.